The summed E-state index contributed by atoms with van der Waals surface area (Å²) >= 11 is 0. The number of carbonyl (C=O) groups is 2. The van der Waals surface area contributed by atoms with Crippen LogP contribution in [0, 0.1) is 11.8 Å². The molecule has 104 valence electrons. The number of nitrogens with one attached hydrogen (secondary N) is 1. The molecule has 0 spiro atoms. The number of nitrogens with zero attached hydrogens (tertiary/aromatic N) is 1. The molecule has 0 saturated heterocycles. The van der Waals surface area contributed by atoms with Crippen LogP contribution >= 0.6 is 0 Å². The molecule has 0 aromatic carbocycles. The molecule has 2 amide bonds. The number of urea groups is 1. The summed E-state index contributed by atoms with van der Waals surface area (Å²) in [4.78, 5) is 25.0. The van der Waals surface area contributed by atoms with Gasteiger partial charge in [0.25, 0.3) is 0 Å². The Labute approximate surface area is 109 Å². The van der Waals surface area contributed by atoms with E-state index in [-0.39, 0.29) is 11.9 Å². The van der Waals surface area contributed by atoms with Crippen LogP contribution in [0.1, 0.15) is 40.5 Å². The van der Waals surface area contributed by atoms with Crippen LogP contribution in [-0.4, -0.2) is 40.6 Å². The second-order valence-electron chi connectivity index (χ2n) is 5.79. The molecule has 1 aliphatic rings. The molecular formula is C13H24N2O3. The molecule has 0 aliphatic heterocycles. The zero-order chi connectivity index (χ0) is 13.9. The Bertz CT molecular complexity index is 311. The van der Waals surface area contributed by atoms with E-state index >= 15 is 0 Å². The van der Waals surface area contributed by atoms with Crippen LogP contribution in [0.4, 0.5) is 4.79 Å². The van der Waals surface area contributed by atoms with E-state index in [1.807, 2.05) is 0 Å². The fourth-order valence-electron chi connectivity index (χ4n) is 1.91. The van der Waals surface area contributed by atoms with E-state index < -0.39 is 12.0 Å². The molecule has 1 rings (SSSR count). The largest absolute Gasteiger partial charge is 0.480 e. The van der Waals surface area contributed by atoms with E-state index in [1.54, 1.807) is 18.7 Å². The van der Waals surface area contributed by atoms with Crippen molar-refractivity contribution in [2.24, 2.45) is 11.8 Å². The van der Waals surface area contributed by atoms with Gasteiger partial charge in [-0.15, -0.1) is 0 Å². The number of hydrogen-bond donors (Lipinski definition) is 2. The molecule has 1 atom stereocenters. The molecule has 18 heavy (non-hydrogen) atoms. The quantitative estimate of drug-likeness (QED) is 0.763. The highest BCUT2D eigenvalue weighted by atomic mass is 16.4. The van der Waals surface area contributed by atoms with Crippen molar-refractivity contribution < 1.29 is 14.7 Å². The Morgan fingerprint density at radius 2 is 1.83 bits per heavy atom. The zero-order valence-electron chi connectivity index (χ0n) is 11.6. The standard InChI is InChI=1S/C13H24N2O3/c1-8(2)7-15(10-5-6-10)13(18)14-11(9(3)4)12(16)17/h8-11H,5-7H2,1-4H3,(H,14,18)(H,16,17). The summed E-state index contributed by atoms with van der Waals surface area (Å²) in [7, 11) is 0. The molecule has 1 saturated carbocycles. The third-order valence-electron chi connectivity index (χ3n) is 3.02. The van der Waals surface area contributed by atoms with Gasteiger partial charge in [0.2, 0.25) is 0 Å². The maximum atomic E-state index is 12.1. The third kappa shape index (κ3) is 4.20. The van der Waals surface area contributed by atoms with Gasteiger partial charge in [0, 0.05) is 12.6 Å². The molecule has 0 bridgehead atoms. The number of carboxylic acids is 1. The first-order chi connectivity index (χ1) is 8.32. The lowest BCUT2D eigenvalue weighted by molar-refractivity contribution is -0.140. The van der Waals surface area contributed by atoms with Gasteiger partial charge in [-0.25, -0.2) is 9.59 Å². The number of amides is 2. The molecule has 1 aliphatic carbocycles. The molecule has 5 heteroatoms. The average Bonchev–Trinajstić information content (AvgIpc) is 3.04. The number of carbonyl (C=O) groups excluding carboxylic acids is 1. The van der Waals surface area contributed by atoms with Crippen LogP contribution < -0.4 is 5.32 Å². The maximum Gasteiger partial charge on any atom is 0.326 e. The fraction of sp³-hybridized carbons (Fsp3) is 0.846. The van der Waals surface area contributed by atoms with E-state index in [0.29, 0.717) is 18.5 Å². The number of aliphatic carboxylic acids is 1. The van der Waals surface area contributed by atoms with Crippen LogP contribution in [0.25, 0.3) is 0 Å². The second kappa shape index (κ2) is 6.07. The SMILES string of the molecule is CC(C)CN(C(=O)NC(C(=O)O)C(C)C)C1CC1. The van der Waals surface area contributed by atoms with Gasteiger partial charge in [-0.1, -0.05) is 27.7 Å². The molecular weight excluding hydrogens is 232 g/mol. The maximum absolute atomic E-state index is 12.1. The first-order valence-corrected chi connectivity index (χ1v) is 6.62. The predicted molar refractivity (Wildman–Crippen MR) is 69.4 cm³/mol. The molecule has 0 radical (unpaired) electrons. The summed E-state index contributed by atoms with van der Waals surface area (Å²) in [6.45, 7) is 8.38. The predicted octanol–water partition coefficient (Wildman–Crippen LogP) is 1.93. The Morgan fingerprint density at radius 1 is 1.28 bits per heavy atom. The van der Waals surface area contributed by atoms with Crippen molar-refractivity contribution >= 4 is 12.0 Å². The Hall–Kier alpha value is -1.26. The van der Waals surface area contributed by atoms with Gasteiger partial charge in [0.15, 0.2) is 0 Å². The molecule has 0 aromatic heterocycles. The van der Waals surface area contributed by atoms with Crippen molar-refractivity contribution in [3.8, 4) is 0 Å². The molecule has 1 fully saturated rings. The van der Waals surface area contributed by atoms with Crippen LogP contribution in [-0.2, 0) is 4.79 Å². The van der Waals surface area contributed by atoms with Crippen molar-refractivity contribution in [2.45, 2.75) is 52.6 Å². The van der Waals surface area contributed by atoms with Gasteiger partial charge in [0.1, 0.15) is 6.04 Å². The molecule has 0 aromatic rings. The molecule has 2 N–H and O–H groups in total. The van der Waals surface area contributed by atoms with Gasteiger partial charge in [-0.2, -0.15) is 0 Å². The van der Waals surface area contributed by atoms with Crippen LogP contribution in [0.15, 0.2) is 0 Å². The molecule has 0 heterocycles. The smallest absolute Gasteiger partial charge is 0.326 e. The topological polar surface area (TPSA) is 69.6 Å². The summed E-state index contributed by atoms with van der Waals surface area (Å²) in [6.07, 6.45) is 2.05. The van der Waals surface area contributed by atoms with Crippen molar-refractivity contribution in [1.82, 2.24) is 10.2 Å². The van der Waals surface area contributed by atoms with Crippen molar-refractivity contribution in [1.29, 1.82) is 0 Å². The monoisotopic (exact) mass is 256 g/mol. The number of rotatable bonds is 6. The summed E-state index contributed by atoms with van der Waals surface area (Å²) in [6, 6.07) is -0.757. The van der Waals surface area contributed by atoms with Crippen LogP contribution in [0.3, 0.4) is 0 Å². The Kier molecular flexibility index (Phi) is 4.99. The minimum absolute atomic E-state index is 0.119. The van der Waals surface area contributed by atoms with Gasteiger partial charge in [-0.3, -0.25) is 0 Å². The Balaban J connectivity index is 2.62. The lowest BCUT2D eigenvalue weighted by Crippen LogP contribution is -2.51. The van der Waals surface area contributed by atoms with Gasteiger partial charge < -0.3 is 15.3 Å². The highest BCUT2D eigenvalue weighted by molar-refractivity contribution is 5.83. The number of hydrogen-bond acceptors (Lipinski definition) is 2. The minimum atomic E-state index is -0.973. The number of carboxylic acid groups (broad SMARTS) is 1. The highest BCUT2D eigenvalue weighted by Crippen LogP contribution is 2.27. The summed E-state index contributed by atoms with van der Waals surface area (Å²) < 4.78 is 0. The first-order valence-electron chi connectivity index (χ1n) is 6.62. The third-order valence-corrected chi connectivity index (χ3v) is 3.02. The van der Waals surface area contributed by atoms with Crippen molar-refractivity contribution in [3.05, 3.63) is 0 Å². The van der Waals surface area contributed by atoms with E-state index in [2.05, 4.69) is 19.2 Å². The average molecular weight is 256 g/mol. The highest BCUT2D eigenvalue weighted by Gasteiger charge is 2.35. The first kappa shape index (κ1) is 14.8. The summed E-state index contributed by atoms with van der Waals surface area (Å²) in [5.41, 5.74) is 0. The zero-order valence-corrected chi connectivity index (χ0v) is 11.6. The van der Waals surface area contributed by atoms with E-state index in [4.69, 9.17) is 5.11 Å². The van der Waals surface area contributed by atoms with Gasteiger partial charge in [-0.05, 0) is 24.7 Å². The van der Waals surface area contributed by atoms with Gasteiger partial charge >= 0.3 is 12.0 Å². The van der Waals surface area contributed by atoms with Gasteiger partial charge in [0.05, 0.1) is 0 Å². The second-order valence-corrected chi connectivity index (χ2v) is 5.79. The minimum Gasteiger partial charge on any atom is -0.480 e. The normalized spacial score (nSPS) is 16.8. The Morgan fingerprint density at radius 3 is 2.17 bits per heavy atom. The molecule has 1 unspecified atom stereocenters. The van der Waals surface area contributed by atoms with Crippen molar-refractivity contribution in [2.75, 3.05) is 6.54 Å². The summed E-state index contributed by atoms with van der Waals surface area (Å²) in [5.74, 6) is -0.705. The van der Waals surface area contributed by atoms with E-state index in [0.717, 1.165) is 12.8 Å². The summed E-state index contributed by atoms with van der Waals surface area (Å²) in [5, 5.41) is 11.7. The lowest BCUT2D eigenvalue weighted by atomic mass is 10.1. The van der Waals surface area contributed by atoms with Crippen LogP contribution in [0.5, 0.6) is 0 Å². The van der Waals surface area contributed by atoms with Crippen LogP contribution in [0.2, 0.25) is 0 Å². The van der Waals surface area contributed by atoms with E-state index in [9.17, 15) is 9.59 Å². The fourth-order valence-corrected chi connectivity index (χ4v) is 1.91. The molecule has 5 nitrogen and oxygen atoms in total. The van der Waals surface area contributed by atoms with E-state index in [1.165, 1.54) is 0 Å². The van der Waals surface area contributed by atoms with Crippen molar-refractivity contribution in [3.63, 3.8) is 0 Å². The lowest BCUT2D eigenvalue weighted by Gasteiger charge is -2.27.